The first-order valence-corrected chi connectivity index (χ1v) is 7.20. The van der Waals surface area contributed by atoms with Gasteiger partial charge in [-0.05, 0) is 25.1 Å². The summed E-state index contributed by atoms with van der Waals surface area (Å²) in [6.07, 6.45) is 7.40. The molecule has 3 aromatic rings. The number of anilines is 1. The van der Waals surface area contributed by atoms with Crippen molar-refractivity contribution in [2.75, 3.05) is 5.32 Å². The van der Waals surface area contributed by atoms with Crippen LogP contribution in [0.2, 0.25) is 5.02 Å². The zero-order valence-electron chi connectivity index (χ0n) is 11.7. The zero-order chi connectivity index (χ0) is 14.7. The second-order valence-electron chi connectivity index (χ2n) is 4.57. The molecule has 0 fully saturated rings. The van der Waals surface area contributed by atoms with E-state index in [1.165, 1.54) is 0 Å². The predicted molar refractivity (Wildman–Crippen MR) is 83.8 cm³/mol. The SMILES string of the molecule is CCn1ccnc1CNc1cccc(Cl)c1-n1cccn1. The van der Waals surface area contributed by atoms with Crippen molar-refractivity contribution in [3.8, 4) is 5.69 Å². The monoisotopic (exact) mass is 301 g/mol. The molecule has 1 aromatic carbocycles. The molecule has 21 heavy (non-hydrogen) atoms. The van der Waals surface area contributed by atoms with E-state index in [4.69, 9.17) is 11.6 Å². The summed E-state index contributed by atoms with van der Waals surface area (Å²) >= 11 is 6.32. The van der Waals surface area contributed by atoms with E-state index >= 15 is 0 Å². The van der Waals surface area contributed by atoms with Gasteiger partial charge in [0.1, 0.15) is 11.5 Å². The number of hydrogen-bond donors (Lipinski definition) is 1. The van der Waals surface area contributed by atoms with Crippen LogP contribution >= 0.6 is 11.6 Å². The number of para-hydroxylation sites is 1. The highest BCUT2D eigenvalue weighted by atomic mass is 35.5. The average molecular weight is 302 g/mol. The summed E-state index contributed by atoms with van der Waals surface area (Å²) < 4.78 is 3.86. The normalized spacial score (nSPS) is 10.8. The number of nitrogens with one attached hydrogen (secondary N) is 1. The van der Waals surface area contributed by atoms with Crippen LogP contribution in [0.5, 0.6) is 0 Å². The highest BCUT2D eigenvalue weighted by molar-refractivity contribution is 6.33. The Morgan fingerprint density at radius 3 is 2.86 bits per heavy atom. The molecule has 0 aliphatic rings. The second-order valence-corrected chi connectivity index (χ2v) is 4.98. The zero-order valence-corrected chi connectivity index (χ0v) is 12.5. The summed E-state index contributed by atoms with van der Waals surface area (Å²) in [5.74, 6) is 0.990. The Hall–Kier alpha value is -2.27. The van der Waals surface area contributed by atoms with Crippen molar-refractivity contribution < 1.29 is 0 Å². The maximum Gasteiger partial charge on any atom is 0.128 e. The van der Waals surface area contributed by atoms with Gasteiger partial charge in [0.2, 0.25) is 0 Å². The third-order valence-electron chi connectivity index (χ3n) is 3.30. The number of benzene rings is 1. The van der Waals surface area contributed by atoms with Gasteiger partial charge in [-0.3, -0.25) is 0 Å². The molecule has 2 aromatic heterocycles. The van der Waals surface area contributed by atoms with Gasteiger partial charge in [0.15, 0.2) is 0 Å². The molecule has 0 bridgehead atoms. The van der Waals surface area contributed by atoms with E-state index in [1.54, 1.807) is 10.9 Å². The quantitative estimate of drug-likeness (QED) is 0.786. The Kier molecular flexibility index (Phi) is 3.92. The van der Waals surface area contributed by atoms with E-state index < -0.39 is 0 Å². The molecule has 0 aliphatic carbocycles. The van der Waals surface area contributed by atoms with E-state index in [1.807, 2.05) is 42.9 Å². The van der Waals surface area contributed by atoms with E-state index in [2.05, 4.69) is 26.9 Å². The molecular weight excluding hydrogens is 286 g/mol. The average Bonchev–Trinajstić information content (AvgIpc) is 3.16. The summed E-state index contributed by atoms with van der Waals surface area (Å²) in [6.45, 7) is 3.63. The lowest BCUT2D eigenvalue weighted by atomic mass is 10.2. The molecule has 0 saturated heterocycles. The van der Waals surface area contributed by atoms with E-state index in [-0.39, 0.29) is 0 Å². The van der Waals surface area contributed by atoms with Gasteiger partial charge < -0.3 is 9.88 Å². The van der Waals surface area contributed by atoms with E-state index in [9.17, 15) is 0 Å². The van der Waals surface area contributed by atoms with Crippen LogP contribution in [-0.4, -0.2) is 19.3 Å². The van der Waals surface area contributed by atoms with E-state index in [0.29, 0.717) is 11.6 Å². The molecule has 2 heterocycles. The van der Waals surface area contributed by atoms with Gasteiger partial charge in [-0.2, -0.15) is 5.10 Å². The fraction of sp³-hybridized carbons (Fsp3) is 0.200. The predicted octanol–water partition coefficient (Wildman–Crippen LogP) is 3.35. The first-order valence-electron chi connectivity index (χ1n) is 6.82. The lowest BCUT2D eigenvalue weighted by Gasteiger charge is -2.14. The van der Waals surface area contributed by atoms with E-state index in [0.717, 1.165) is 23.7 Å². The van der Waals surface area contributed by atoms with Gasteiger partial charge in [-0.15, -0.1) is 0 Å². The van der Waals surface area contributed by atoms with Crippen LogP contribution in [0.4, 0.5) is 5.69 Å². The summed E-state index contributed by atoms with van der Waals surface area (Å²) in [7, 11) is 0. The van der Waals surface area contributed by atoms with Gasteiger partial charge in [0, 0.05) is 31.3 Å². The summed E-state index contributed by atoms with van der Waals surface area (Å²) in [6, 6.07) is 7.64. The van der Waals surface area contributed by atoms with Crippen molar-refractivity contribution in [1.29, 1.82) is 0 Å². The number of nitrogens with zero attached hydrogens (tertiary/aromatic N) is 4. The van der Waals surface area contributed by atoms with Crippen molar-refractivity contribution in [1.82, 2.24) is 19.3 Å². The van der Waals surface area contributed by atoms with Gasteiger partial charge >= 0.3 is 0 Å². The topological polar surface area (TPSA) is 47.7 Å². The summed E-state index contributed by atoms with van der Waals surface area (Å²) in [5.41, 5.74) is 1.77. The molecule has 108 valence electrons. The molecule has 6 heteroatoms. The van der Waals surface area contributed by atoms with Crippen molar-refractivity contribution in [3.05, 3.63) is 59.9 Å². The molecular formula is C15H16ClN5. The van der Waals surface area contributed by atoms with Crippen LogP contribution in [0.3, 0.4) is 0 Å². The number of rotatable bonds is 5. The first-order chi connectivity index (χ1) is 10.3. The van der Waals surface area contributed by atoms with Crippen LogP contribution in [0.15, 0.2) is 49.1 Å². The fourth-order valence-corrected chi connectivity index (χ4v) is 2.52. The smallest absolute Gasteiger partial charge is 0.128 e. The van der Waals surface area contributed by atoms with Gasteiger partial charge in [-0.25, -0.2) is 9.67 Å². The number of aryl methyl sites for hydroxylation is 1. The molecule has 0 atom stereocenters. The molecule has 0 aliphatic heterocycles. The highest BCUT2D eigenvalue weighted by Crippen LogP contribution is 2.28. The Morgan fingerprint density at radius 1 is 1.19 bits per heavy atom. The van der Waals surface area contributed by atoms with Crippen LogP contribution in [0.25, 0.3) is 5.69 Å². The Balaban J connectivity index is 1.88. The molecule has 0 radical (unpaired) electrons. The number of aromatic nitrogens is 4. The number of halogens is 1. The third kappa shape index (κ3) is 2.78. The highest BCUT2D eigenvalue weighted by Gasteiger charge is 2.10. The summed E-state index contributed by atoms with van der Waals surface area (Å²) in [5, 5.41) is 8.30. The summed E-state index contributed by atoms with van der Waals surface area (Å²) in [4.78, 5) is 4.36. The van der Waals surface area contributed by atoms with Crippen molar-refractivity contribution in [2.24, 2.45) is 0 Å². The van der Waals surface area contributed by atoms with Crippen molar-refractivity contribution >= 4 is 17.3 Å². The molecule has 3 rings (SSSR count). The first kappa shape index (κ1) is 13.7. The minimum atomic E-state index is 0.634. The van der Waals surface area contributed by atoms with Crippen LogP contribution < -0.4 is 5.32 Å². The maximum absolute atomic E-state index is 6.32. The largest absolute Gasteiger partial charge is 0.376 e. The Bertz CT molecular complexity index is 718. The van der Waals surface area contributed by atoms with Gasteiger partial charge in [0.05, 0.1) is 17.3 Å². The van der Waals surface area contributed by atoms with Crippen LogP contribution in [0, 0.1) is 0 Å². The molecule has 0 saturated carbocycles. The number of imidazole rings is 1. The van der Waals surface area contributed by atoms with Crippen LogP contribution in [-0.2, 0) is 13.1 Å². The second kappa shape index (κ2) is 6.01. The van der Waals surface area contributed by atoms with Crippen LogP contribution in [0.1, 0.15) is 12.7 Å². The minimum absolute atomic E-state index is 0.634. The molecule has 5 nitrogen and oxygen atoms in total. The van der Waals surface area contributed by atoms with Gasteiger partial charge in [0.25, 0.3) is 0 Å². The Morgan fingerprint density at radius 2 is 2.10 bits per heavy atom. The Labute approximate surface area is 128 Å². The minimum Gasteiger partial charge on any atom is -0.376 e. The van der Waals surface area contributed by atoms with Crippen molar-refractivity contribution in [3.63, 3.8) is 0 Å². The molecule has 1 N–H and O–H groups in total. The number of hydrogen-bond acceptors (Lipinski definition) is 3. The fourth-order valence-electron chi connectivity index (χ4n) is 2.26. The molecule has 0 spiro atoms. The molecule has 0 amide bonds. The lowest BCUT2D eigenvalue weighted by molar-refractivity contribution is 0.707. The maximum atomic E-state index is 6.32. The third-order valence-corrected chi connectivity index (χ3v) is 3.60. The standard InChI is InChI=1S/C15H16ClN5/c1-2-20-10-8-17-14(20)11-18-13-6-3-5-12(16)15(13)21-9-4-7-19-21/h3-10,18H,2,11H2,1H3. The van der Waals surface area contributed by atoms with Crippen molar-refractivity contribution in [2.45, 2.75) is 20.0 Å². The lowest BCUT2D eigenvalue weighted by Crippen LogP contribution is -2.10. The molecule has 0 unspecified atom stereocenters. The van der Waals surface area contributed by atoms with Gasteiger partial charge in [-0.1, -0.05) is 17.7 Å².